The molecule has 0 radical (unpaired) electrons. The number of carbonyl (C=O) groups is 1. The highest BCUT2D eigenvalue weighted by atomic mass is 16.5. The van der Waals surface area contributed by atoms with E-state index in [1.807, 2.05) is 32.0 Å². The van der Waals surface area contributed by atoms with Gasteiger partial charge in [-0.15, -0.1) is 0 Å². The summed E-state index contributed by atoms with van der Waals surface area (Å²) in [5.41, 5.74) is 4.90. The first-order chi connectivity index (χ1) is 15.5. The Balaban J connectivity index is 0.00000119. The molecule has 1 atom stereocenters. The highest BCUT2D eigenvalue weighted by Crippen LogP contribution is 2.37. The molecule has 7 heteroatoms. The van der Waals surface area contributed by atoms with Gasteiger partial charge in [-0.3, -0.25) is 4.79 Å². The molecular formula is C25H29N3O4. The number of carbonyl (C=O) groups excluding carboxylic acids is 1. The van der Waals surface area contributed by atoms with Crippen LogP contribution in [0, 0.1) is 0 Å². The fraction of sp³-hybridized carbons (Fsp3) is 0.400. The lowest BCUT2D eigenvalue weighted by Gasteiger charge is -2.21. The lowest BCUT2D eigenvalue weighted by atomic mass is 9.97. The number of hydrogen-bond donors (Lipinski definition) is 2. The first-order valence-electron chi connectivity index (χ1n) is 11.2. The molecule has 2 N–H and O–H groups in total. The molecule has 2 aromatic heterocycles. The molecule has 2 aliphatic rings. The van der Waals surface area contributed by atoms with Crippen molar-refractivity contribution >= 4 is 16.9 Å². The molecule has 168 valence electrons. The van der Waals surface area contributed by atoms with Crippen molar-refractivity contribution in [1.82, 2.24) is 14.9 Å². The highest BCUT2D eigenvalue weighted by molar-refractivity contribution is 5.88. The summed E-state index contributed by atoms with van der Waals surface area (Å²) in [5, 5.41) is 14.8. The lowest BCUT2D eigenvalue weighted by Crippen LogP contribution is -2.32. The van der Waals surface area contributed by atoms with Gasteiger partial charge in [0.2, 0.25) is 0 Å². The Morgan fingerprint density at radius 1 is 1.22 bits per heavy atom. The molecule has 0 saturated heterocycles. The van der Waals surface area contributed by atoms with E-state index in [-0.39, 0.29) is 12.2 Å². The molecule has 1 unspecified atom stereocenters. The van der Waals surface area contributed by atoms with E-state index in [9.17, 15) is 14.7 Å². The number of pyridine rings is 2. The van der Waals surface area contributed by atoms with Crippen LogP contribution in [-0.4, -0.2) is 33.2 Å². The number of ether oxygens (including phenoxy) is 1. The van der Waals surface area contributed by atoms with Crippen LogP contribution in [0.5, 0.6) is 0 Å². The van der Waals surface area contributed by atoms with E-state index >= 15 is 0 Å². The molecule has 4 heterocycles. The Labute approximate surface area is 187 Å². The van der Waals surface area contributed by atoms with Crippen LogP contribution in [0.1, 0.15) is 56.1 Å². The van der Waals surface area contributed by atoms with E-state index in [0.29, 0.717) is 29.4 Å². The summed E-state index contributed by atoms with van der Waals surface area (Å²) in [4.78, 5) is 29.8. The van der Waals surface area contributed by atoms with E-state index in [2.05, 4.69) is 25.2 Å². The Hall–Kier alpha value is -3.03. The molecular weight excluding hydrogens is 406 g/mol. The minimum atomic E-state index is -1.44. The Kier molecular flexibility index (Phi) is 6.13. The van der Waals surface area contributed by atoms with Crippen LogP contribution in [0.2, 0.25) is 0 Å². The highest BCUT2D eigenvalue weighted by Gasteiger charge is 2.34. The monoisotopic (exact) mass is 435 g/mol. The third-order valence-corrected chi connectivity index (χ3v) is 5.91. The second kappa shape index (κ2) is 8.84. The predicted octanol–water partition coefficient (Wildman–Crippen LogP) is 3.08. The van der Waals surface area contributed by atoms with Crippen molar-refractivity contribution in [2.75, 3.05) is 6.54 Å². The van der Waals surface area contributed by atoms with Crippen molar-refractivity contribution in [3.63, 3.8) is 0 Å². The zero-order valence-electron chi connectivity index (χ0n) is 18.9. The van der Waals surface area contributed by atoms with E-state index in [0.717, 1.165) is 35.1 Å². The molecule has 1 aromatic carbocycles. The molecule has 7 nitrogen and oxygen atoms in total. The van der Waals surface area contributed by atoms with Crippen LogP contribution >= 0.6 is 0 Å². The lowest BCUT2D eigenvalue weighted by molar-refractivity contribution is -0.157. The normalized spacial score (nSPS) is 16.2. The van der Waals surface area contributed by atoms with Gasteiger partial charge in [-0.05, 0) is 30.7 Å². The number of rotatable bonds is 4. The van der Waals surface area contributed by atoms with Crippen LogP contribution in [0.15, 0.2) is 35.1 Å². The molecule has 5 rings (SSSR count). The number of para-hydroxylation sites is 1. The van der Waals surface area contributed by atoms with Gasteiger partial charge in [0.1, 0.15) is 6.61 Å². The van der Waals surface area contributed by atoms with Crippen LogP contribution in [0.25, 0.3) is 22.3 Å². The largest absolute Gasteiger partial charge is 0.458 e. The number of hydrogen-bond acceptors (Lipinski definition) is 6. The fourth-order valence-electron chi connectivity index (χ4n) is 4.43. The molecule has 0 spiro atoms. The number of aliphatic hydroxyl groups is 1. The number of nitrogens with one attached hydrogen (secondary N) is 1. The number of benzene rings is 1. The van der Waals surface area contributed by atoms with Crippen LogP contribution < -0.4 is 10.9 Å². The van der Waals surface area contributed by atoms with E-state index < -0.39 is 12.1 Å². The van der Waals surface area contributed by atoms with Crippen molar-refractivity contribution < 1.29 is 14.6 Å². The standard InChI is InChI=1S/C23H23N3O4.C2H6/c1-12(2)24-8-7-13-14-5-3-4-6-18(14)25-20-16(13)10-26-19(20)9-15-17(22(26)28)11-30-23(29)21(15)27;1-2/h3-6,9,12,21,24,27H,7-8,10-11H2,1-2H3;1-2H3. The Bertz CT molecular complexity index is 1250. The Morgan fingerprint density at radius 3 is 2.72 bits per heavy atom. The Morgan fingerprint density at radius 2 is 1.97 bits per heavy atom. The average Bonchev–Trinajstić information content (AvgIpc) is 3.16. The molecule has 0 saturated carbocycles. The van der Waals surface area contributed by atoms with Crippen LogP contribution in [-0.2, 0) is 29.1 Å². The number of cyclic esters (lactones) is 1. The summed E-state index contributed by atoms with van der Waals surface area (Å²) in [6.07, 6.45) is -0.623. The first kappa shape index (κ1) is 22.2. The van der Waals surface area contributed by atoms with Crippen molar-refractivity contribution in [3.8, 4) is 11.4 Å². The quantitative estimate of drug-likeness (QED) is 0.479. The van der Waals surface area contributed by atoms with Gasteiger partial charge in [0.15, 0.2) is 6.10 Å². The molecule has 0 bridgehead atoms. The number of nitrogens with zero attached hydrogens (tertiary/aromatic N) is 2. The van der Waals surface area contributed by atoms with Gasteiger partial charge in [0.05, 0.1) is 29.0 Å². The summed E-state index contributed by atoms with van der Waals surface area (Å²) in [5.74, 6) is -0.725. The van der Waals surface area contributed by atoms with E-state index in [1.165, 1.54) is 5.56 Å². The molecule has 2 aliphatic heterocycles. The van der Waals surface area contributed by atoms with Gasteiger partial charge >= 0.3 is 5.97 Å². The number of aliphatic hydroxyl groups excluding tert-OH is 1. The second-order valence-corrected chi connectivity index (χ2v) is 8.16. The number of aromatic nitrogens is 2. The maximum atomic E-state index is 13.2. The topological polar surface area (TPSA) is 93.5 Å². The summed E-state index contributed by atoms with van der Waals surface area (Å²) in [6.45, 7) is 9.37. The van der Waals surface area contributed by atoms with Gasteiger partial charge < -0.3 is 19.7 Å². The minimum Gasteiger partial charge on any atom is -0.458 e. The molecule has 3 aromatic rings. The van der Waals surface area contributed by atoms with Crippen LogP contribution in [0.3, 0.4) is 0 Å². The van der Waals surface area contributed by atoms with Gasteiger partial charge in [0, 0.05) is 22.6 Å². The van der Waals surface area contributed by atoms with E-state index in [1.54, 1.807) is 10.6 Å². The summed E-state index contributed by atoms with van der Waals surface area (Å²) in [6, 6.07) is 10.1. The third-order valence-electron chi connectivity index (χ3n) is 5.91. The van der Waals surface area contributed by atoms with E-state index in [4.69, 9.17) is 9.72 Å². The SMILES string of the molecule is CC.CC(C)NCCc1c2c(nc3ccccc13)-c1cc3c(c(=O)n1C2)COC(=O)C3O. The first-order valence-corrected chi connectivity index (χ1v) is 11.2. The third kappa shape index (κ3) is 3.61. The zero-order valence-corrected chi connectivity index (χ0v) is 18.9. The molecule has 0 fully saturated rings. The van der Waals surface area contributed by atoms with Crippen molar-refractivity contribution in [3.05, 3.63) is 62.9 Å². The summed E-state index contributed by atoms with van der Waals surface area (Å²) >= 11 is 0. The maximum absolute atomic E-state index is 13.2. The number of esters is 1. The molecule has 0 amide bonds. The average molecular weight is 436 g/mol. The van der Waals surface area contributed by atoms with Crippen molar-refractivity contribution in [2.45, 2.75) is 59.4 Å². The summed E-state index contributed by atoms with van der Waals surface area (Å²) in [7, 11) is 0. The maximum Gasteiger partial charge on any atom is 0.340 e. The van der Waals surface area contributed by atoms with Crippen molar-refractivity contribution in [1.29, 1.82) is 0 Å². The number of fused-ring (bicyclic) bond motifs is 5. The molecule has 0 aliphatic carbocycles. The molecule has 32 heavy (non-hydrogen) atoms. The zero-order chi connectivity index (χ0) is 23.0. The summed E-state index contributed by atoms with van der Waals surface area (Å²) < 4.78 is 6.65. The minimum absolute atomic E-state index is 0.110. The van der Waals surface area contributed by atoms with Crippen LogP contribution in [0.4, 0.5) is 0 Å². The fourth-order valence-corrected chi connectivity index (χ4v) is 4.43. The van der Waals surface area contributed by atoms with Gasteiger partial charge in [-0.25, -0.2) is 9.78 Å². The second-order valence-electron chi connectivity index (χ2n) is 8.16. The van der Waals surface area contributed by atoms with Gasteiger partial charge in [-0.2, -0.15) is 0 Å². The smallest absolute Gasteiger partial charge is 0.340 e. The predicted molar refractivity (Wildman–Crippen MR) is 123 cm³/mol. The van der Waals surface area contributed by atoms with Gasteiger partial charge in [-0.1, -0.05) is 45.9 Å². The van der Waals surface area contributed by atoms with Crippen molar-refractivity contribution in [2.24, 2.45) is 0 Å². The van der Waals surface area contributed by atoms with Gasteiger partial charge in [0.25, 0.3) is 5.56 Å².